The fourth-order valence-electron chi connectivity index (χ4n) is 15.8. The first kappa shape index (κ1) is 81.3. The first-order chi connectivity index (χ1) is 59.0. The van der Waals surface area contributed by atoms with E-state index in [1.807, 2.05) is 116 Å². The van der Waals surface area contributed by atoms with Crippen molar-refractivity contribution >= 4 is 68.0 Å². The molecule has 0 aliphatic carbocycles. The van der Waals surface area contributed by atoms with Crippen molar-refractivity contribution in [3.05, 3.63) is 225 Å². The summed E-state index contributed by atoms with van der Waals surface area (Å²) < 4.78 is 47.1. The smallest absolute Gasteiger partial charge is 0.255 e. The van der Waals surface area contributed by atoms with Crippen LogP contribution in [0.4, 0.5) is 35.3 Å². The standard InChI is InChI=1S/C30H35N7O3.2C29H33N7O4/c1-39-27-17-26-25(16-28(27)40-24-7-8-35(20-24)13-14-38)29(34-21-33-26)36-9-11-37(12-10-36)30-31-18-23(19-32-30)15-22-5-3-2-4-6-22;2*1-38-25-15-24-23(14-26(25)40-18-22-17-30-7-12-39-22)27(33-19-32-24)35-8-10-36(11-9-35)29-31-16-21(28(37)34-29)13-20-5-3-2-4-6-20/h2-6,16-19,21,24,38H,7-15,20H2,1H3;2*2-6,14-16,19,22,30H,7-13,17-18H2,1H3,(H,31,34,37)/t;22-;/m.1./s1. The fraction of sp³-hybridized carbons (Fsp3) is 0.386. The number of methoxy groups -OCH3 is 3. The summed E-state index contributed by atoms with van der Waals surface area (Å²) >= 11 is 0. The molecule has 6 aliphatic heterocycles. The lowest BCUT2D eigenvalue weighted by atomic mass is 10.1. The number of morpholine rings is 2. The number of hydrogen-bond acceptors (Lipinski definition) is 30. The van der Waals surface area contributed by atoms with Gasteiger partial charge in [-0.2, -0.15) is 0 Å². The number of benzene rings is 6. The summed E-state index contributed by atoms with van der Waals surface area (Å²) in [4.78, 5) is 92.8. The van der Waals surface area contributed by atoms with Crippen LogP contribution in [0.3, 0.4) is 0 Å². The van der Waals surface area contributed by atoms with Crippen LogP contribution in [0.2, 0.25) is 0 Å². The number of piperazine rings is 3. The van der Waals surface area contributed by atoms with Gasteiger partial charge in [0.25, 0.3) is 11.1 Å². The molecule has 6 saturated heterocycles. The largest absolute Gasteiger partial charge is 0.493 e. The summed E-state index contributed by atoms with van der Waals surface area (Å²) in [5, 5.41) is 18.6. The van der Waals surface area contributed by atoms with Crippen molar-refractivity contribution in [3.63, 3.8) is 0 Å². The number of likely N-dealkylation sites (tertiary alicyclic amines) is 1. The van der Waals surface area contributed by atoms with Gasteiger partial charge < -0.3 is 83.0 Å². The monoisotopic (exact) mass is 1630 g/mol. The average Bonchev–Trinajstić information content (AvgIpc) is 0.803. The minimum absolute atomic E-state index is 0.0128. The zero-order valence-electron chi connectivity index (χ0n) is 67.8. The summed E-state index contributed by atoms with van der Waals surface area (Å²) in [6.45, 7) is 16.8. The third kappa shape index (κ3) is 20.1. The van der Waals surface area contributed by atoms with E-state index in [4.69, 9.17) is 37.9 Å². The number of aliphatic hydroxyl groups excluding tert-OH is 1. The summed E-state index contributed by atoms with van der Waals surface area (Å²) in [5.74, 6) is 8.39. The Morgan fingerprint density at radius 1 is 0.425 bits per heavy atom. The molecule has 0 radical (unpaired) electrons. The molecule has 6 fully saturated rings. The maximum atomic E-state index is 12.8. The molecule has 32 heteroatoms. The molecule has 6 aromatic carbocycles. The number of β-amino-alcohol motifs (C(OH)–C–C–N with tert-alkyl or cyclic N) is 1. The van der Waals surface area contributed by atoms with Crippen molar-refractivity contribution in [1.29, 1.82) is 0 Å². The number of anilines is 6. The summed E-state index contributed by atoms with van der Waals surface area (Å²) in [6.07, 6.45) is 14.9. The van der Waals surface area contributed by atoms with Gasteiger partial charge in [-0.1, -0.05) is 91.0 Å². The minimum Gasteiger partial charge on any atom is -0.493 e. The number of H-pyrrole nitrogens is 2. The second-order valence-corrected chi connectivity index (χ2v) is 30.1. The van der Waals surface area contributed by atoms with Gasteiger partial charge in [0.15, 0.2) is 34.5 Å². The zero-order valence-corrected chi connectivity index (χ0v) is 67.8. The molecule has 18 rings (SSSR count). The maximum Gasteiger partial charge on any atom is 0.255 e. The van der Waals surface area contributed by atoms with Gasteiger partial charge in [-0.15, -0.1) is 0 Å². The highest BCUT2D eigenvalue weighted by atomic mass is 16.6. The van der Waals surface area contributed by atoms with Crippen LogP contribution in [-0.2, 0) is 28.7 Å². The zero-order chi connectivity index (χ0) is 81.9. The van der Waals surface area contributed by atoms with E-state index >= 15 is 0 Å². The maximum absolute atomic E-state index is 12.8. The van der Waals surface area contributed by atoms with Crippen molar-refractivity contribution in [2.24, 2.45) is 0 Å². The van der Waals surface area contributed by atoms with Gasteiger partial charge in [0.2, 0.25) is 17.8 Å². The quantitative estimate of drug-likeness (QED) is 0.0392. The van der Waals surface area contributed by atoms with Gasteiger partial charge in [-0.25, -0.2) is 49.8 Å². The van der Waals surface area contributed by atoms with Crippen LogP contribution < -0.4 is 79.6 Å². The Labute approximate surface area is 694 Å². The number of nitrogens with zero attached hydrogens (tertiary/aromatic N) is 17. The van der Waals surface area contributed by atoms with Crippen molar-refractivity contribution in [3.8, 4) is 34.5 Å². The molecule has 12 aromatic rings. The topological polar surface area (TPSA) is 335 Å². The molecule has 3 atom stereocenters. The molecule has 624 valence electrons. The van der Waals surface area contributed by atoms with Crippen molar-refractivity contribution in [2.75, 3.05) is 208 Å². The third-order valence-electron chi connectivity index (χ3n) is 22.3. The summed E-state index contributed by atoms with van der Waals surface area (Å²) in [6, 6.07) is 41.9. The van der Waals surface area contributed by atoms with Crippen molar-refractivity contribution < 1.29 is 43.0 Å². The molecule has 12 heterocycles. The SMILES string of the molecule is COc1cc2ncnc(N3CCN(c4ncc(Cc5ccccc5)c(=O)[nH]4)CC3)c2cc1OCC1CNCCO1.COc1cc2ncnc(N3CCN(c4ncc(Cc5ccccc5)c(=O)[nH]4)CC3)c2cc1OC[C@H]1CNCCO1.COc1cc2ncnc(N3CCN(c4ncc(Cc5ccccc5)cn4)CC3)c2cc1OC1CCN(CCO)C1. The lowest BCUT2D eigenvalue weighted by Crippen LogP contribution is -2.47. The average molecular weight is 1630 g/mol. The molecular weight excluding hydrogens is 1530 g/mol. The van der Waals surface area contributed by atoms with Gasteiger partial charge in [0.05, 0.1) is 57.7 Å². The molecule has 0 bridgehead atoms. The highest BCUT2D eigenvalue weighted by Crippen LogP contribution is 2.40. The minimum atomic E-state index is -0.103. The Balaban J connectivity index is 0.000000134. The predicted molar refractivity (Wildman–Crippen MR) is 460 cm³/mol. The van der Waals surface area contributed by atoms with E-state index < -0.39 is 0 Å². The molecule has 6 aliphatic rings. The number of aliphatic hydroxyl groups is 1. The molecule has 120 heavy (non-hydrogen) atoms. The first-order valence-corrected chi connectivity index (χ1v) is 41.0. The van der Waals surface area contributed by atoms with E-state index in [1.165, 1.54) is 5.56 Å². The molecule has 2 unspecified atom stereocenters. The van der Waals surface area contributed by atoms with E-state index in [0.29, 0.717) is 156 Å². The van der Waals surface area contributed by atoms with E-state index in [2.05, 4.69) is 129 Å². The second-order valence-electron chi connectivity index (χ2n) is 30.1. The molecule has 0 spiro atoms. The number of fused-ring (bicyclic) bond motifs is 3. The highest BCUT2D eigenvalue weighted by Gasteiger charge is 2.30. The van der Waals surface area contributed by atoms with Crippen LogP contribution >= 0.6 is 0 Å². The molecular formula is C88H101N21O11. The van der Waals surface area contributed by atoms with Gasteiger partial charge in [0, 0.05) is 214 Å². The lowest BCUT2D eigenvalue weighted by Gasteiger charge is -2.36. The lowest BCUT2D eigenvalue weighted by molar-refractivity contribution is -0.000269. The normalized spacial score (nSPS) is 17.8. The molecule has 5 N–H and O–H groups in total. The number of rotatable bonds is 25. The van der Waals surface area contributed by atoms with E-state index in [-0.39, 0.29) is 36.0 Å². The molecule has 6 aromatic heterocycles. The Hall–Kier alpha value is -12.5. The van der Waals surface area contributed by atoms with Crippen LogP contribution in [0.15, 0.2) is 181 Å². The van der Waals surface area contributed by atoms with Gasteiger partial charge >= 0.3 is 0 Å². The van der Waals surface area contributed by atoms with Gasteiger partial charge in [0.1, 0.15) is 68.0 Å². The van der Waals surface area contributed by atoms with E-state index in [0.717, 1.165) is 151 Å². The van der Waals surface area contributed by atoms with Crippen molar-refractivity contribution in [2.45, 2.75) is 44.0 Å². The number of aromatic nitrogens is 12. The van der Waals surface area contributed by atoms with Crippen LogP contribution in [0.1, 0.15) is 39.8 Å². The molecule has 32 nitrogen and oxygen atoms in total. The Bertz CT molecular complexity index is 5250. The van der Waals surface area contributed by atoms with E-state index in [9.17, 15) is 14.7 Å². The Morgan fingerprint density at radius 2 is 0.825 bits per heavy atom. The third-order valence-corrected chi connectivity index (χ3v) is 22.3. The summed E-state index contributed by atoms with van der Waals surface area (Å²) in [5.41, 5.74) is 8.01. The Morgan fingerprint density at radius 3 is 1.23 bits per heavy atom. The van der Waals surface area contributed by atoms with Crippen LogP contribution in [0.5, 0.6) is 34.5 Å². The van der Waals surface area contributed by atoms with Crippen LogP contribution in [-0.4, -0.2) is 267 Å². The number of nitrogens with one attached hydrogen (secondary N) is 4. The van der Waals surface area contributed by atoms with Crippen molar-refractivity contribution in [1.82, 2.24) is 75.3 Å². The number of aromatic amines is 2. The van der Waals surface area contributed by atoms with E-state index in [1.54, 1.807) is 52.7 Å². The number of ether oxygens (including phenoxy) is 8. The van der Waals surface area contributed by atoms with Crippen LogP contribution in [0, 0.1) is 0 Å². The number of hydrogen-bond donors (Lipinski definition) is 5. The molecule has 0 saturated carbocycles. The summed E-state index contributed by atoms with van der Waals surface area (Å²) in [7, 11) is 4.90. The Kier molecular flexibility index (Phi) is 26.7. The highest BCUT2D eigenvalue weighted by molar-refractivity contribution is 5.94. The first-order valence-electron chi connectivity index (χ1n) is 41.0. The van der Waals surface area contributed by atoms with Gasteiger partial charge in [-0.05, 0) is 46.9 Å². The molecule has 0 amide bonds. The predicted octanol–water partition coefficient (Wildman–Crippen LogP) is 6.80. The van der Waals surface area contributed by atoms with Gasteiger partial charge in [-0.3, -0.25) is 24.5 Å². The fourth-order valence-corrected chi connectivity index (χ4v) is 15.8. The van der Waals surface area contributed by atoms with Crippen LogP contribution in [0.25, 0.3) is 32.7 Å². The second kappa shape index (κ2) is 39.4.